The minimum Gasteiger partial charge on any atom is -0.368 e. The molecule has 4 N–H and O–H groups in total. The Morgan fingerprint density at radius 2 is 1.86 bits per heavy atom. The molecule has 1 aliphatic rings. The van der Waals surface area contributed by atoms with Gasteiger partial charge in [-0.05, 0) is 55.7 Å². The summed E-state index contributed by atoms with van der Waals surface area (Å²) in [5.74, 6) is -0.665. The number of carbonyl (C=O) groups excluding carboxylic acids is 2. The lowest BCUT2D eigenvalue weighted by Gasteiger charge is -2.29. The lowest BCUT2D eigenvalue weighted by Crippen LogP contribution is -2.51. The van der Waals surface area contributed by atoms with Crippen LogP contribution in [-0.2, 0) is 22.4 Å². The topological polar surface area (TPSA) is 91.2 Å². The zero-order valence-corrected chi connectivity index (χ0v) is 20.3. The molecule has 2 aromatic carbocycles. The van der Waals surface area contributed by atoms with Crippen molar-refractivity contribution < 1.29 is 9.59 Å². The fraction of sp³-hybridized carbons (Fsp3) is 0.379. The summed E-state index contributed by atoms with van der Waals surface area (Å²) in [5.41, 5.74) is 10.0. The van der Waals surface area contributed by atoms with Crippen LogP contribution >= 0.6 is 0 Å². The molecule has 0 saturated carbocycles. The molecule has 4 rings (SSSR count). The maximum Gasteiger partial charge on any atom is 0.243 e. The number of para-hydroxylation sites is 1. The lowest BCUT2D eigenvalue weighted by atomic mass is 10.0. The van der Waals surface area contributed by atoms with Gasteiger partial charge in [0.15, 0.2) is 0 Å². The number of fused-ring (bicyclic) bond motifs is 1. The minimum absolute atomic E-state index is 0.142. The van der Waals surface area contributed by atoms with Crippen molar-refractivity contribution in [2.24, 2.45) is 5.73 Å². The van der Waals surface area contributed by atoms with Crippen LogP contribution in [0.5, 0.6) is 0 Å². The Morgan fingerprint density at radius 3 is 2.66 bits per heavy atom. The summed E-state index contributed by atoms with van der Waals surface area (Å²) in [6.45, 7) is 5.11. The molecule has 1 aliphatic heterocycles. The summed E-state index contributed by atoms with van der Waals surface area (Å²) in [5, 5.41) is 3.97. The molecule has 1 saturated heterocycles. The van der Waals surface area contributed by atoms with E-state index in [-0.39, 0.29) is 11.9 Å². The molecule has 0 spiro atoms. The van der Waals surface area contributed by atoms with Crippen LogP contribution in [0, 0.1) is 0 Å². The van der Waals surface area contributed by atoms with Crippen molar-refractivity contribution in [2.75, 3.05) is 6.54 Å². The van der Waals surface area contributed by atoms with E-state index in [2.05, 4.69) is 46.0 Å². The number of amides is 2. The summed E-state index contributed by atoms with van der Waals surface area (Å²) in [6, 6.07) is 17.4. The van der Waals surface area contributed by atoms with Crippen LogP contribution in [0.1, 0.15) is 49.7 Å². The zero-order chi connectivity index (χ0) is 24.6. The normalized spacial score (nSPS) is 16.3. The number of nitrogens with one attached hydrogen (secondary N) is 2. The van der Waals surface area contributed by atoms with Gasteiger partial charge in [-0.3, -0.25) is 9.59 Å². The average Bonchev–Trinajstić information content (AvgIpc) is 3.52. The lowest BCUT2D eigenvalue weighted by molar-refractivity contribution is -0.129. The Hall–Kier alpha value is -3.54. The summed E-state index contributed by atoms with van der Waals surface area (Å²) >= 11 is 0. The molecule has 2 amide bonds. The van der Waals surface area contributed by atoms with E-state index in [9.17, 15) is 9.59 Å². The number of carbonyl (C=O) groups is 2. The first-order chi connectivity index (χ1) is 17.0. The second-order valence-corrected chi connectivity index (χ2v) is 9.49. The van der Waals surface area contributed by atoms with Crippen molar-refractivity contribution in [3.8, 4) is 0 Å². The predicted octanol–water partition coefficient (Wildman–Crippen LogP) is 4.46. The first kappa shape index (κ1) is 24.6. The highest BCUT2D eigenvalue weighted by atomic mass is 16.2. The number of hydrogen-bond acceptors (Lipinski definition) is 3. The molecule has 35 heavy (non-hydrogen) atoms. The molecule has 0 radical (unpaired) electrons. The molecule has 1 fully saturated rings. The first-order valence-corrected chi connectivity index (χ1v) is 12.7. The molecule has 2 atom stereocenters. The highest BCUT2D eigenvalue weighted by molar-refractivity contribution is 5.90. The molecule has 3 aromatic rings. The Kier molecular flexibility index (Phi) is 8.24. The summed E-state index contributed by atoms with van der Waals surface area (Å²) in [6.07, 6.45) is 9.25. The maximum absolute atomic E-state index is 13.2. The fourth-order valence-corrected chi connectivity index (χ4v) is 5.05. The Labute approximate surface area is 207 Å². The van der Waals surface area contributed by atoms with Gasteiger partial charge in [0.1, 0.15) is 12.1 Å². The van der Waals surface area contributed by atoms with Gasteiger partial charge in [-0.25, -0.2) is 0 Å². The minimum atomic E-state index is -0.754. The molecule has 0 bridgehead atoms. The van der Waals surface area contributed by atoms with E-state index in [0.717, 1.165) is 73.7 Å². The molecule has 0 aliphatic carbocycles. The number of aryl methyl sites for hydroxylation is 1. The van der Waals surface area contributed by atoms with Crippen molar-refractivity contribution in [3.63, 3.8) is 0 Å². The molecular weight excluding hydrogens is 436 g/mol. The second kappa shape index (κ2) is 11.7. The fourth-order valence-electron chi connectivity index (χ4n) is 5.05. The van der Waals surface area contributed by atoms with Crippen molar-refractivity contribution in [2.45, 2.75) is 63.5 Å². The number of nitrogens with two attached hydrogens (primary N) is 1. The number of aromatic nitrogens is 1. The highest BCUT2D eigenvalue weighted by Gasteiger charge is 2.33. The molecule has 2 unspecified atom stereocenters. The van der Waals surface area contributed by atoms with Crippen LogP contribution in [0.2, 0.25) is 0 Å². The van der Waals surface area contributed by atoms with E-state index in [1.54, 1.807) is 0 Å². The third kappa shape index (κ3) is 6.32. The molecule has 6 heteroatoms. The number of allylic oxidation sites excluding steroid dienone is 1. The first-order valence-electron chi connectivity index (χ1n) is 12.7. The van der Waals surface area contributed by atoms with Gasteiger partial charge in [-0.15, -0.1) is 0 Å². The van der Waals surface area contributed by atoms with E-state index >= 15 is 0 Å². The average molecular weight is 473 g/mol. The molecule has 2 heterocycles. The number of rotatable bonds is 12. The number of nitrogens with zero attached hydrogens (tertiary/aromatic N) is 1. The third-order valence-corrected chi connectivity index (χ3v) is 6.99. The largest absolute Gasteiger partial charge is 0.368 e. The number of aromatic amines is 1. The smallest absolute Gasteiger partial charge is 0.243 e. The maximum atomic E-state index is 13.2. The van der Waals surface area contributed by atoms with Gasteiger partial charge in [-0.1, -0.05) is 61.5 Å². The second-order valence-electron chi connectivity index (χ2n) is 9.49. The Morgan fingerprint density at radius 1 is 1.09 bits per heavy atom. The van der Waals surface area contributed by atoms with Gasteiger partial charge in [0, 0.05) is 35.8 Å². The summed E-state index contributed by atoms with van der Waals surface area (Å²) < 4.78 is 0. The van der Waals surface area contributed by atoms with E-state index in [1.807, 2.05) is 36.5 Å². The number of H-pyrrole nitrogens is 1. The van der Waals surface area contributed by atoms with Crippen molar-refractivity contribution in [3.05, 3.63) is 84.2 Å². The number of unbranched alkanes of at least 4 members (excludes halogenated alkanes) is 2. The number of hydrogen-bond donors (Lipinski definition) is 3. The molecule has 6 nitrogen and oxygen atoms in total. The van der Waals surface area contributed by atoms with Crippen LogP contribution in [0.25, 0.3) is 10.9 Å². The van der Waals surface area contributed by atoms with Gasteiger partial charge in [-0.2, -0.15) is 0 Å². The van der Waals surface area contributed by atoms with E-state index < -0.39 is 11.9 Å². The molecule has 1 aromatic heterocycles. The van der Waals surface area contributed by atoms with Crippen LogP contribution in [0.15, 0.2) is 73.1 Å². The Balaban J connectivity index is 1.28. The van der Waals surface area contributed by atoms with E-state index in [4.69, 9.17) is 5.73 Å². The quantitative estimate of drug-likeness (QED) is 0.340. The third-order valence-electron chi connectivity index (χ3n) is 6.99. The van der Waals surface area contributed by atoms with Crippen molar-refractivity contribution >= 4 is 22.7 Å². The van der Waals surface area contributed by atoms with Gasteiger partial charge in [0.25, 0.3) is 0 Å². The highest BCUT2D eigenvalue weighted by Crippen LogP contribution is 2.25. The van der Waals surface area contributed by atoms with Gasteiger partial charge in [0.05, 0.1) is 0 Å². The van der Waals surface area contributed by atoms with E-state index in [1.165, 1.54) is 5.56 Å². The van der Waals surface area contributed by atoms with Crippen LogP contribution in [0.4, 0.5) is 0 Å². The van der Waals surface area contributed by atoms with Gasteiger partial charge in [0.2, 0.25) is 11.8 Å². The SMILES string of the molecule is C=C(CCCCCc1ccccc1)N1CCCC1C(=O)NC(Cc1c[nH]c2ccccc12)C(N)=O. The van der Waals surface area contributed by atoms with Gasteiger partial charge < -0.3 is 20.9 Å². The number of likely N-dealkylation sites (tertiary alicyclic amines) is 1. The summed E-state index contributed by atoms with van der Waals surface area (Å²) in [4.78, 5) is 30.7. The monoisotopic (exact) mass is 472 g/mol. The standard InChI is InChI=1S/C29H36N4O2/c1-21(11-4-2-5-12-22-13-6-3-7-14-22)33-18-10-17-27(33)29(35)32-26(28(30)34)19-23-20-31-25-16-9-8-15-24(23)25/h3,6-9,13-16,20,26-27,31H,1-2,4-5,10-12,17-19H2,(H2,30,34)(H,32,35). The predicted molar refractivity (Wildman–Crippen MR) is 141 cm³/mol. The number of benzene rings is 2. The van der Waals surface area contributed by atoms with Crippen LogP contribution < -0.4 is 11.1 Å². The number of primary amides is 1. The Bertz CT molecular complexity index is 1150. The van der Waals surface area contributed by atoms with Gasteiger partial charge >= 0.3 is 0 Å². The molecule has 184 valence electrons. The van der Waals surface area contributed by atoms with Crippen molar-refractivity contribution in [1.82, 2.24) is 15.2 Å². The van der Waals surface area contributed by atoms with E-state index in [0.29, 0.717) is 6.42 Å². The van der Waals surface area contributed by atoms with Crippen LogP contribution in [0.3, 0.4) is 0 Å². The zero-order valence-electron chi connectivity index (χ0n) is 20.3. The van der Waals surface area contributed by atoms with Crippen molar-refractivity contribution in [1.29, 1.82) is 0 Å². The molecular formula is C29H36N4O2. The van der Waals surface area contributed by atoms with Crippen LogP contribution in [-0.4, -0.2) is 40.3 Å². The summed E-state index contributed by atoms with van der Waals surface area (Å²) in [7, 11) is 0.